The lowest BCUT2D eigenvalue weighted by atomic mass is 10.0. The Morgan fingerprint density at radius 2 is 2.27 bits per heavy atom. The highest BCUT2D eigenvalue weighted by atomic mass is 79.9. The number of hydrogen-bond acceptors (Lipinski definition) is 3. The van der Waals surface area contributed by atoms with Gasteiger partial charge in [0.15, 0.2) is 0 Å². The first-order valence-electron chi connectivity index (χ1n) is 4.52. The van der Waals surface area contributed by atoms with Crippen molar-refractivity contribution in [3.63, 3.8) is 0 Å². The van der Waals surface area contributed by atoms with Crippen LogP contribution in [0.2, 0.25) is 0 Å². The van der Waals surface area contributed by atoms with E-state index in [0.717, 1.165) is 14.5 Å². The third-order valence-electron chi connectivity index (χ3n) is 2.36. The van der Waals surface area contributed by atoms with Crippen molar-refractivity contribution in [2.24, 2.45) is 0 Å². The molecular formula is C10H10Br2O3. The summed E-state index contributed by atoms with van der Waals surface area (Å²) in [6.45, 7) is 0.533. The average Bonchev–Trinajstić information content (AvgIpc) is 2.23. The van der Waals surface area contributed by atoms with E-state index in [1.807, 2.05) is 6.07 Å². The van der Waals surface area contributed by atoms with Crippen LogP contribution in [-0.4, -0.2) is 18.8 Å². The second-order valence-electron chi connectivity index (χ2n) is 3.27. The number of aliphatic hydroxyl groups is 1. The average molecular weight is 338 g/mol. The highest BCUT2D eigenvalue weighted by Gasteiger charge is 2.26. The minimum absolute atomic E-state index is 0.505. The summed E-state index contributed by atoms with van der Waals surface area (Å²) in [6.07, 6.45) is 0.0973. The quantitative estimate of drug-likeness (QED) is 0.856. The maximum absolute atomic E-state index is 9.90. The topological polar surface area (TPSA) is 38.7 Å². The van der Waals surface area contributed by atoms with Crippen LogP contribution in [0.25, 0.3) is 0 Å². The Bertz CT molecular complexity index is 393. The van der Waals surface area contributed by atoms with Crippen LogP contribution in [0.5, 0.6) is 11.5 Å². The molecule has 0 aromatic heterocycles. The second kappa shape index (κ2) is 4.31. The zero-order valence-electron chi connectivity index (χ0n) is 8.09. The zero-order valence-corrected chi connectivity index (χ0v) is 11.3. The Labute approximate surface area is 105 Å². The molecule has 15 heavy (non-hydrogen) atoms. The van der Waals surface area contributed by atoms with E-state index in [0.29, 0.717) is 24.5 Å². The van der Waals surface area contributed by atoms with Gasteiger partial charge in [-0.05, 0) is 37.9 Å². The van der Waals surface area contributed by atoms with Crippen LogP contribution in [0.15, 0.2) is 15.0 Å². The van der Waals surface area contributed by atoms with Gasteiger partial charge in [0.2, 0.25) is 0 Å². The molecule has 1 aliphatic heterocycles. The Morgan fingerprint density at radius 3 is 2.93 bits per heavy atom. The van der Waals surface area contributed by atoms with Crippen molar-refractivity contribution >= 4 is 31.9 Å². The van der Waals surface area contributed by atoms with Gasteiger partial charge < -0.3 is 14.6 Å². The van der Waals surface area contributed by atoms with Crippen molar-refractivity contribution in [3.8, 4) is 11.5 Å². The fraction of sp³-hybridized carbons (Fsp3) is 0.400. The second-order valence-corrected chi connectivity index (χ2v) is 4.92. The number of benzene rings is 1. The maximum atomic E-state index is 9.90. The molecule has 0 saturated carbocycles. The molecule has 0 saturated heterocycles. The zero-order chi connectivity index (χ0) is 11.0. The lowest BCUT2D eigenvalue weighted by molar-refractivity contribution is 0.113. The van der Waals surface area contributed by atoms with E-state index >= 15 is 0 Å². The van der Waals surface area contributed by atoms with E-state index in [2.05, 4.69) is 31.9 Å². The molecule has 1 aliphatic rings. The predicted molar refractivity (Wildman–Crippen MR) is 63.5 cm³/mol. The molecule has 5 heteroatoms. The van der Waals surface area contributed by atoms with E-state index in [9.17, 15) is 5.11 Å². The lowest BCUT2D eigenvalue weighted by Gasteiger charge is -2.25. The number of hydrogen-bond donors (Lipinski definition) is 1. The van der Waals surface area contributed by atoms with Crippen molar-refractivity contribution in [2.45, 2.75) is 12.5 Å². The first-order valence-corrected chi connectivity index (χ1v) is 6.10. The number of ether oxygens (including phenoxy) is 2. The van der Waals surface area contributed by atoms with Crippen LogP contribution < -0.4 is 9.47 Å². The van der Waals surface area contributed by atoms with Gasteiger partial charge >= 0.3 is 0 Å². The Kier molecular flexibility index (Phi) is 3.23. The molecule has 0 amide bonds. The van der Waals surface area contributed by atoms with Crippen molar-refractivity contribution in [3.05, 3.63) is 20.6 Å². The molecule has 2 rings (SSSR count). The van der Waals surface area contributed by atoms with Crippen LogP contribution >= 0.6 is 31.9 Å². The molecule has 1 heterocycles. The summed E-state index contributed by atoms with van der Waals surface area (Å²) in [5.74, 6) is 1.38. The molecule has 1 aromatic rings. The minimum atomic E-state index is -0.505. The van der Waals surface area contributed by atoms with E-state index in [4.69, 9.17) is 9.47 Å². The third-order valence-corrected chi connectivity index (χ3v) is 3.77. The van der Waals surface area contributed by atoms with Gasteiger partial charge in [0.05, 0.1) is 28.8 Å². The van der Waals surface area contributed by atoms with E-state index in [-0.39, 0.29) is 0 Å². The van der Waals surface area contributed by atoms with Gasteiger partial charge in [-0.25, -0.2) is 0 Å². The molecule has 3 nitrogen and oxygen atoms in total. The molecule has 0 spiro atoms. The van der Waals surface area contributed by atoms with Gasteiger partial charge in [-0.3, -0.25) is 0 Å². The molecule has 1 N–H and O–H groups in total. The third kappa shape index (κ3) is 1.88. The number of aliphatic hydroxyl groups excluding tert-OH is 1. The maximum Gasteiger partial charge on any atom is 0.140 e. The standard InChI is InChI=1S/C10H10Br2O3/c1-14-7-4-5(11)10-8(9(7)12)6(13)2-3-15-10/h4,6,13H,2-3H2,1H3/t6-/m1/s1. The Balaban J connectivity index is 2.64. The molecule has 0 fully saturated rings. The highest BCUT2D eigenvalue weighted by molar-refractivity contribution is 9.11. The Hall–Kier alpha value is -0.260. The van der Waals surface area contributed by atoms with Crippen LogP contribution in [0.4, 0.5) is 0 Å². The van der Waals surface area contributed by atoms with Crippen LogP contribution in [0.1, 0.15) is 18.1 Å². The number of rotatable bonds is 1. The molecule has 0 aliphatic carbocycles. The number of halogens is 2. The molecule has 82 valence electrons. The summed E-state index contributed by atoms with van der Waals surface area (Å²) in [5, 5.41) is 9.90. The minimum Gasteiger partial charge on any atom is -0.496 e. The Morgan fingerprint density at radius 1 is 1.53 bits per heavy atom. The van der Waals surface area contributed by atoms with Crippen LogP contribution in [-0.2, 0) is 0 Å². The number of fused-ring (bicyclic) bond motifs is 1. The molecule has 0 unspecified atom stereocenters. The summed E-state index contributed by atoms with van der Waals surface area (Å²) in [5.41, 5.74) is 0.757. The summed E-state index contributed by atoms with van der Waals surface area (Å²) in [6, 6.07) is 1.82. The lowest BCUT2D eigenvalue weighted by Crippen LogP contribution is -2.15. The first-order chi connectivity index (χ1) is 7.15. The van der Waals surface area contributed by atoms with Gasteiger partial charge in [0, 0.05) is 12.0 Å². The molecule has 1 atom stereocenters. The van der Waals surface area contributed by atoms with E-state index in [1.54, 1.807) is 7.11 Å². The first kappa shape index (κ1) is 11.2. The molecular weight excluding hydrogens is 328 g/mol. The largest absolute Gasteiger partial charge is 0.496 e. The van der Waals surface area contributed by atoms with Crippen LogP contribution in [0, 0.1) is 0 Å². The predicted octanol–water partition coefficient (Wildman–Crippen LogP) is 3.04. The van der Waals surface area contributed by atoms with Crippen molar-refractivity contribution in [2.75, 3.05) is 13.7 Å². The van der Waals surface area contributed by atoms with Crippen molar-refractivity contribution in [1.82, 2.24) is 0 Å². The van der Waals surface area contributed by atoms with Gasteiger partial charge in [-0.1, -0.05) is 0 Å². The highest BCUT2D eigenvalue weighted by Crippen LogP contribution is 2.46. The smallest absolute Gasteiger partial charge is 0.140 e. The summed E-state index contributed by atoms with van der Waals surface area (Å²) in [4.78, 5) is 0. The van der Waals surface area contributed by atoms with Gasteiger partial charge in [0.25, 0.3) is 0 Å². The van der Waals surface area contributed by atoms with Crippen molar-refractivity contribution < 1.29 is 14.6 Å². The monoisotopic (exact) mass is 336 g/mol. The summed E-state index contributed by atoms with van der Waals surface area (Å²) >= 11 is 6.81. The van der Waals surface area contributed by atoms with Crippen LogP contribution in [0.3, 0.4) is 0 Å². The molecule has 1 aromatic carbocycles. The molecule has 0 bridgehead atoms. The van der Waals surface area contributed by atoms with E-state index < -0.39 is 6.10 Å². The van der Waals surface area contributed by atoms with Gasteiger partial charge in [-0.2, -0.15) is 0 Å². The van der Waals surface area contributed by atoms with E-state index in [1.165, 1.54) is 0 Å². The van der Waals surface area contributed by atoms with Gasteiger partial charge in [-0.15, -0.1) is 0 Å². The van der Waals surface area contributed by atoms with Crippen molar-refractivity contribution in [1.29, 1.82) is 0 Å². The van der Waals surface area contributed by atoms with Gasteiger partial charge in [0.1, 0.15) is 11.5 Å². The normalized spacial score (nSPS) is 19.3. The summed E-state index contributed by atoms with van der Waals surface area (Å²) < 4.78 is 12.3. The fourth-order valence-electron chi connectivity index (χ4n) is 1.61. The molecule has 0 radical (unpaired) electrons. The number of methoxy groups -OCH3 is 1. The fourth-order valence-corrected chi connectivity index (χ4v) is 2.87. The SMILES string of the molecule is COc1cc(Br)c2c(c1Br)[C@H](O)CCO2. The summed E-state index contributed by atoms with van der Waals surface area (Å²) in [7, 11) is 1.59.